The number of rotatable bonds is 3. The van der Waals surface area contributed by atoms with Gasteiger partial charge in [0.2, 0.25) is 0 Å². The van der Waals surface area contributed by atoms with Crippen LogP contribution in [-0.2, 0) is 6.42 Å². The molecule has 0 saturated heterocycles. The summed E-state index contributed by atoms with van der Waals surface area (Å²) in [4.78, 5) is 5.64. The number of hydrogen-bond acceptors (Lipinski definition) is 5. The molecule has 3 aromatic rings. The summed E-state index contributed by atoms with van der Waals surface area (Å²) < 4.78 is 0. The normalized spacial score (nSPS) is 10.6. The molecule has 0 radical (unpaired) electrons. The van der Waals surface area contributed by atoms with E-state index in [0.717, 1.165) is 21.9 Å². The molecule has 0 spiro atoms. The van der Waals surface area contributed by atoms with Gasteiger partial charge >= 0.3 is 0 Å². The average molecular weight is 350 g/mol. The molecule has 110 valence electrons. The van der Waals surface area contributed by atoms with E-state index in [2.05, 4.69) is 20.4 Å². The highest BCUT2D eigenvalue weighted by Gasteiger charge is 2.19. The Bertz CT molecular complexity index is 857. The summed E-state index contributed by atoms with van der Waals surface area (Å²) in [6.07, 6.45) is 0.777. The maximum absolute atomic E-state index is 9.10. The Labute approximate surface area is 140 Å². The van der Waals surface area contributed by atoms with Crippen LogP contribution in [0.15, 0.2) is 18.2 Å². The molecule has 0 fully saturated rings. The van der Waals surface area contributed by atoms with E-state index in [1.54, 1.807) is 6.07 Å². The van der Waals surface area contributed by atoms with Crippen LogP contribution in [0, 0.1) is 11.3 Å². The largest absolute Gasteiger partial charge is 0.234 e. The third-order valence-electron chi connectivity index (χ3n) is 3.01. The molecule has 2 aromatic heterocycles. The van der Waals surface area contributed by atoms with Crippen molar-refractivity contribution in [3.63, 3.8) is 0 Å². The van der Waals surface area contributed by atoms with Crippen LogP contribution in [0.4, 0.5) is 0 Å². The lowest BCUT2D eigenvalue weighted by Crippen LogP contribution is -1.87. The Kier molecular flexibility index (Phi) is 4.12. The quantitative estimate of drug-likeness (QED) is 0.762. The minimum absolute atomic E-state index is 0.232. The predicted molar refractivity (Wildman–Crippen MR) is 87.0 cm³/mol. The Hall–Kier alpha value is -1.94. The number of aromatic amines is 1. The van der Waals surface area contributed by atoms with E-state index >= 15 is 0 Å². The molecule has 8 heteroatoms. The predicted octanol–water partition coefficient (Wildman–Crippen LogP) is 4.34. The van der Waals surface area contributed by atoms with Crippen molar-refractivity contribution in [1.29, 1.82) is 5.26 Å². The molecule has 0 amide bonds. The second-order valence-corrected chi connectivity index (χ2v) is 6.39. The van der Waals surface area contributed by atoms with Gasteiger partial charge in [0, 0.05) is 20.5 Å². The Morgan fingerprint density at radius 1 is 1.18 bits per heavy atom. The highest BCUT2D eigenvalue weighted by atomic mass is 35.5. The van der Waals surface area contributed by atoms with Crippen LogP contribution in [0.5, 0.6) is 0 Å². The lowest BCUT2D eigenvalue weighted by molar-refractivity contribution is 0.936. The number of aryl methyl sites for hydroxylation is 1. The minimum atomic E-state index is 0.232. The SMILES string of the molecule is CCc1sc(-c2cc(Cl)cc(Cl)c2)nc1-c1n[nH]nc1C#N. The molecular formula is C14H9Cl2N5S. The highest BCUT2D eigenvalue weighted by molar-refractivity contribution is 7.15. The topological polar surface area (TPSA) is 78.2 Å². The first-order valence-electron chi connectivity index (χ1n) is 6.39. The van der Waals surface area contributed by atoms with E-state index in [9.17, 15) is 0 Å². The van der Waals surface area contributed by atoms with Crippen molar-refractivity contribution in [3.8, 4) is 28.0 Å². The third kappa shape index (κ3) is 2.71. The first-order chi connectivity index (χ1) is 10.6. The number of benzene rings is 1. The standard InChI is InChI=1S/C14H9Cl2N5S/c1-2-11-13(12-10(6-17)19-21-20-12)18-14(22-11)7-3-8(15)5-9(16)4-7/h3-5H,2H2,1H3,(H,19,20,21). The van der Waals surface area contributed by atoms with E-state index in [4.69, 9.17) is 28.5 Å². The number of nitriles is 1. The number of H-pyrrole nitrogens is 1. The fourth-order valence-corrected chi connectivity index (χ4v) is 3.57. The molecule has 0 aliphatic rings. The van der Waals surface area contributed by atoms with Gasteiger partial charge in [-0.1, -0.05) is 30.1 Å². The maximum Gasteiger partial charge on any atom is 0.192 e. The zero-order chi connectivity index (χ0) is 15.7. The van der Waals surface area contributed by atoms with Crippen molar-refractivity contribution in [2.24, 2.45) is 0 Å². The molecule has 1 N–H and O–H groups in total. The molecule has 0 aliphatic heterocycles. The Morgan fingerprint density at radius 3 is 2.55 bits per heavy atom. The summed E-state index contributed by atoms with van der Waals surface area (Å²) in [5.74, 6) is 0. The fraction of sp³-hybridized carbons (Fsp3) is 0.143. The molecule has 0 atom stereocenters. The van der Waals surface area contributed by atoms with Crippen molar-refractivity contribution in [1.82, 2.24) is 20.4 Å². The number of hydrogen-bond donors (Lipinski definition) is 1. The van der Waals surface area contributed by atoms with Gasteiger partial charge in [0.1, 0.15) is 16.8 Å². The number of halogens is 2. The maximum atomic E-state index is 9.10. The van der Waals surface area contributed by atoms with Gasteiger partial charge in [0.25, 0.3) is 0 Å². The van der Waals surface area contributed by atoms with Gasteiger partial charge < -0.3 is 0 Å². The van der Waals surface area contributed by atoms with Gasteiger partial charge in [0.15, 0.2) is 11.4 Å². The molecule has 0 saturated carbocycles. The monoisotopic (exact) mass is 349 g/mol. The summed E-state index contributed by atoms with van der Waals surface area (Å²) in [6.45, 7) is 2.03. The van der Waals surface area contributed by atoms with Gasteiger partial charge in [-0.15, -0.1) is 16.4 Å². The number of thiazole rings is 1. The first-order valence-corrected chi connectivity index (χ1v) is 7.97. The van der Waals surface area contributed by atoms with Crippen molar-refractivity contribution < 1.29 is 0 Å². The lowest BCUT2D eigenvalue weighted by Gasteiger charge is -1.98. The molecule has 1 aromatic carbocycles. The van der Waals surface area contributed by atoms with E-state index in [-0.39, 0.29) is 5.69 Å². The van der Waals surface area contributed by atoms with Crippen molar-refractivity contribution in [2.45, 2.75) is 13.3 Å². The second kappa shape index (κ2) is 6.05. The highest BCUT2D eigenvalue weighted by Crippen LogP contribution is 2.36. The molecular weight excluding hydrogens is 341 g/mol. The van der Waals surface area contributed by atoms with Crippen molar-refractivity contribution in [2.75, 3.05) is 0 Å². The van der Waals surface area contributed by atoms with Crippen LogP contribution < -0.4 is 0 Å². The zero-order valence-corrected chi connectivity index (χ0v) is 13.7. The van der Waals surface area contributed by atoms with Crippen LogP contribution in [0.1, 0.15) is 17.5 Å². The zero-order valence-electron chi connectivity index (χ0n) is 11.4. The Balaban J connectivity index is 2.15. The van der Waals surface area contributed by atoms with Crippen LogP contribution in [-0.4, -0.2) is 20.4 Å². The van der Waals surface area contributed by atoms with E-state index in [0.29, 0.717) is 21.4 Å². The lowest BCUT2D eigenvalue weighted by atomic mass is 10.2. The van der Waals surface area contributed by atoms with Gasteiger partial charge in [-0.25, -0.2) is 4.98 Å². The summed E-state index contributed by atoms with van der Waals surface area (Å²) in [5.41, 5.74) is 2.21. The summed E-state index contributed by atoms with van der Waals surface area (Å²) in [6, 6.07) is 7.30. The van der Waals surface area contributed by atoms with E-state index in [1.807, 2.05) is 25.1 Å². The summed E-state index contributed by atoms with van der Waals surface area (Å²) >= 11 is 13.6. The molecule has 5 nitrogen and oxygen atoms in total. The van der Waals surface area contributed by atoms with E-state index in [1.165, 1.54) is 11.3 Å². The van der Waals surface area contributed by atoms with Gasteiger partial charge in [-0.2, -0.15) is 15.6 Å². The van der Waals surface area contributed by atoms with Gasteiger partial charge in [-0.3, -0.25) is 0 Å². The first kappa shape index (κ1) is 15.0. The third-order valence-corrected chi connectivity index (χ3v) is 4.69. The minimum Gasteiger partial charge on any atom is -0.234 e. The molecule has 2 heterocycles. The molecule has 0 aliphatic carbocycles. The smallest absolute Gasteiger partial charge is 0.192 e. The number of nitrogens with one attached hydrogen (secondary N) is 1. The number of nitrogens with zero attached hydrogens (tertiary/aromatic N) is 4. The van der Waals surface area contributed by atoms with Crippen LogP contribution in [0.2, 0.25) is 10.0 Å². The molecule has 0 unspecified atom stereocenters. The molecule has 3 rings (SSSR count). The van der Waals surface area contributed by atoms with Crippen LogP contribution in [0.3, 0.4) is 0 Å². The van der Waals surface area contributed by atoms with E-state index < -0.39 is 0 Å². The second-order valence-electron chi connectivity index (χ2n) is 4.44. The van der Waals surface area contributed by atoms with Crippen molar-refractivity contribution in [3.05, 3.63) is 38.8 Å². The summed E-state index contributed by atoms with van der Waals surface area (Å²) in [7, 11) is 0. The van der Waals surface area contributed by atoms with Crippen LogP contribution in [0.25, 0.3) is 22.0 Å². The fourth-order valence-electron chi connectivity index (χ4n) is 2.05. The molecule has 22 heavy (non-hydrogen) atoms. The van der Waals surface area contributed by atoms with Gasteiger partial charge in [0.05, 0.1) is 0 Å². The molecule has 0 bridgehead atoms. The van der Waals surface area contributed by atoms with Crippen LogP contribution >= 0.6 is 34.5 Å². The average Bonchev–Trinajstić information content (AvgIpc) is 3.11. The Morgan fingerprint density at radius 2 is 1.91 bits per heavy atom. The number of aromatic nitrogens is 4. The van der Waals surface area contributed by atoms with Crippen molar-refractivity contribution >= 4 is 34.5 Å². The van der Waals surface area contributed by atoms with Gasteiger partial charge in [-0.05, 0) is 24.6 Å². The summed E-state index contributed by atoms with van der Waals surface area (Å²) in [5, 5.41) is 21.3.